The number of fused-ring (bicyclic) bond motifs is 1. The van der Waals surface area contributed by atoms with E-state index in [4.69, 9.17) is 10.1 Å². The van der Waals surface area contributed by atoms with Crippen molar-refractivity contribution in [3.63, 3.8) is 0 Å². The van der Waals surface area contributed by atoms with Crippen molar-refractivity contribution in [1.29, 1.82) is 0 Å². The number of rotatable bonds is 3. The van der Waals surface area contributed by atoms with Crippen LogP contribution in [0, 0.1) is 13.8 Å². The molecule has 0 bridgehead atoms. The van der Waals surface area contributed by atoms with Crippen molar-refractivity contribution in [2.24, 2.45) is 7.05 Å². The molecule has 5 rings (SSSR count). The van der Waals surface area contributed by atoms with Crippen LogP contribution in [0.1, 0.15) is 28.2 Å². The molecular weight excluding hydrogens is 410 g/mol. The van der Waals surface area contributed by atoms with Crippen LogP contribution in [0.25, 0.3) is 16.0 Å². The maximum absolute atomic E-state index is 12.9. The number of aromatic nitrogens is 5. The van der Waals surface area contributed by atoms with E-state index >= 15 is 0 Å². The van der Waals surface area contributed by atoms with Crippen molar-refractivity contribution in [2.45, 2.75) is 20.3 Å². The standard InChI is InChI=1S/C22H25N7OS/c1-15-6-4-7-17(14-15)29-20-19(16(2)25-29)31-22(24-20)28-11-5-10-27(12-13-28)21(30)18-8-9-23-26(18)3/h4,6-9,14H,5,10-13H2,1-3H3. The summed E-state index contributed by atoms with van der Waals surface area (Å²) < 4.78 is 4.69. The number of hydrogen-bond acceptors (Lipinski definition) is 6. The van der Waals surface area contributed by atoms with Crippen molar-refractivity contribution < 1.29 is 4.79 Å². The highest BCUT2D eigenvalue weighted by atomic mass is 32.1. The fourth-order valence-electron chi connectivity index (χ4n) is 4.06. The third-order valence-electron chi connectivity index (χ3n) is 5.72. The molecule has 8 nitrogen and oxygen atoms in total. The number of anilines is 1. The zero-order chi connectivity index (χ0) is 21.5. The number of carbonyl (C=O) groups is 1. The quantitative estimate of drug-likeness (QED) is 0.494. The summed E-state index contributed by atoms with van der Waals surface area (Å²) in [5.74, 6) is 0.0390. The molecule has 0 radical (unpaired) electrons. The highest BCUT2D eigenvalue weighted by molar-refractivity contribution is 7.22. The molecule has 1 saturated heterocycles. The first-order chi connectivity index (χ1) is 15.0. The van der Waals surface area contributed by atoms with Gasteiger partial charge in [-0.2, -0.15) is 15.2 Å². The first-order valence-corrected chi connectivity index (χ1v) is 11.3. The molecule has 0 N–H and O–H groups in total. The predicted molar refractivity (Wildman–Crippen MR) is 122 cm³/mol. The lowest BCUT2D eigenvalue weighted by Gasteiger charge is -2.21. The average Bonchev–Trinajstić information content (AvgIpc) is 3.39. The first kappa shape index (κ1) is 19.7. The third-order valence-corrected chi connectivity index (χ3v) is 6.93. The van der Waals surface area contributed by atoms with E-state index in [2.05, 4.69) is 35.1 Å². The molecule has 0 aliphatic carbocycles. The van der Waals surface area contributed by atoms with E-state index in [0.29, 0.717) is 12.2 Å². The molecule has 0 saturated carbocycles. The molecule has 0 unspecified atom stereocenters. The smallest absolute Gasteiger partial charge is 0.272 e. The van der Waals surface area contributed by atoms with Gasteiger partial charge in [0.05, 0.1) is 16.1 Å². The van der Waals surface area contributed by atoms with E-state index in [1.165, 1.54) is 5.56 Å². The number of hydrogen-bond donors (Lipinski definition) is 0. The summed E-state index contributed by atoms with van der Waals surface area (Å²) >= 11 is 1.68. The van der Waals surface area contributed by atoms with Crippen molar-refractivity contribution in [3.8, 4) is 5.69 Å². The van der Waals surface area contributed by atoms with E-state index in [1.807, 2.05) is 22.6 Å². The van der Waals surface area contributed by atoms with Gasteiger partial charge in [0.25, 0.3) is 5.91 Å². The molecule has 9 heteroatoms. The summed E-state index contributed by atoms with van der Waals surface area (Å²) in [5, 5.41) is 9.84. The zero-order valence-electron chi connectivity index (χ0n) is 17.9. The number of benzene rings is 1. The van der Waals surface area contributed by atoms with Crippen molar-refractivity contribution in [1.82, 2.24) is 29.4 Å². The molecule has 160 valence electrons. The van der Waals surface area contributed by atoms with Crippen molar-refractivity contribution in [2.75, 3.05) is 31.1 Å². The fourth-order valence-corrected chi connectivity index (χ4v) is 5.09. The minimum atomic E-state index is 0.0390. The summed E-state index contributed by atoms with van der Waals surface area (Å²) in [6.07, 6.45) is 2.57. The average molecular weight is 436 g/mol. The Hall–Kier alpha value is -3.20. The van der Waals surface area contributed by atoms with E-state index < -0.39 is 0 Å². The number of amides is 1. The molecule has 1 aliphatic rings. The molecule has 1 amide bonds. The number of aryl methyl sites for hydroxylation is 3. The molecule has 0 atom stereocenters. The maximum atomic E-state index is 12.9. The van der Waals surface area contributed by atoms with Gasteiger partial charge in [-0.05, 0) is 44.0 Å². The van der Waals surface area contributed by atoms with Gasteiger partial charge in [0.1, 0.15) is 5.69 Å². The Kier molecular flexibility index (Phi) is 4.97. The van der Waals surface area contributed by atoms with E-state index in [0.717, 1.165) is 52.9 Å². The number of nitrogens with zero attached hydrogens (tertiary/aromatic N) is 7. The largest absolute Gasteiger partial charge is 0.346 e. The van der Waals surface area contributed by atoms with E-state index in [9.17, 15) is 4.79 Å². The summed E-state index contributed by atoms with van der Waals surface area (Å²) in [7, 11) is 1.80. The third kappa shape index (κ3) is 3.59. The minimum Gasteiger partial charge on any atom is -0.346 e. The van der Waals surface area contributed by atoms with Gasteiger partial charge in [0.2, 0.25) is 0 Å². The SMILES string of the molecule is Cc1cccc(-n2nc(C)c3sc(N4CCCN(C(=O)c5ccnn5C)CC4)nc32)c1. The van der Waals surface area contributed by atoms with Gasteiger partial charge < -0.3 is 9.80 Å². The summed E-state index contributed by atoms with van der Waals surface area (Å²) in [5.41, 5.74) is 4.74. The molecular formula is C22H25N7OS. The molecule has 1 aliphatic heterocycles. The zero-order valence-corrected chi connectivity index (χ0v) is 18.8. The van der Waals surface area contributed by atoms with Crippen LogP contribution in [0.5, 0.6) is 0 Å². The van der Waals surface area contributed by atoms with Crippen LogP contribution in [0.15, 0.2) is 36.5 Å². The Balaban J connectivity index is 1.39. The molecule has 3 aromatic heterocycles. The van der Waals surface area contributed by atoms with Gasteiger partial charge >= 0.3 is 0 Å². The summed E-state index contributed by atoms with van der Waals surface area (Å²) in [6, 6.07) is 10.1. The van der Waals surface area contributed by atoms with E-state index in [1.54, 1.807) is 35.3 Å². The molecule has 1 fully saturated rings. The van der Waals surface area contributed by atoms with Crippen LogP contribution in [0.2, 0.25) is 0 Å². The lowest BCUT2D eigenvalue weighted by atomic mass is 10.2. The van der Waals surface area contributed by atoms with Crippen LogP contribution in [-0.4, -0.2) is 61.5 Å². The Morgan fingerprint density at radius 1 is 1.10 bits per heavy atom. The van der Waals surface area contributed by atoms with Crippen LogP contribution in [0.4, 0.5) is 5.13 Å². The van der Waals surface area contributed by atoms with Gasteiger partial charge in [-0.1, -0.05) is 23.5 Å². The number of carbonyl (C=O) groups excluding carboxylic acids is 1. The molecule has 4 aromatic rings. The van der Waals surface area contributed by atoms with Crippen LogP contribution >= 0.6 is 11.3 Å². The van der Waals surface area contributed by atoms with Crippen LogP contribution in [-0.2, 0) is 7.05 Å². The normalized spacial score (nSPS) is 14.9. The topological polar surface area (TPSA) is 72.1 Å². The van der Waals surface area contributed by atoms with Crippen molar-refractivity contribution >= 4 is 32.7 Å². The highest BCUT2D eigenvalue weighted by Gasteiger charge is 2.25. The van der Waals surface area contributed by atoms with E-state index in [-0.39, 0.29) is 5.91 Å². The second kappa shape index (κ2) is 7.81. The Morgan fingerprint density at radius 3 is 2.74 bits per heavy atom. The van der Waals surface area contributed by atoms with Gasteiger partial charge in [0, 0.05) is 39.4 Å². The Bertz CT molecular complexity index is 1250. The molecule has 31 heavy (non-hydrogen) atoms. The minimum absolute atomic E-state index is 0.0390. The maximum Gasteiger partial charge on any atom is 0.272 e. The second-order valence-electron chi connectivity index (χ2n) is 7.96. The molecule has 1 aromatic carbocycles. The summed E-state index contributed by atoms with van der Waals surface area (Å²) in [4.78, 5) is 22.1. The van der Waals surface area contributed by atoms with Gasteiger partial charge in [0.15, 0.2) is 10.8 Å². The lowest BCUT2D eigenvalue weighted by Crippen LogP contribution is -2.36. The van der Waals surface area contributed by atoms with Gasteiger partial charge in [-0.3, -0.25) is 9.48 Å². The van der Waals surface area contributed by atoms with Crippen LogP contribution < -0.4 is 4.90 Å². The van der Waals surface area contributed by atoms with Crippen LogP contribution in [0.3, 0.4) is 0 Å². The number of thiazole rings is 1. The van der Waals surface area contributed by atoms with Gasteiger partial charge in [-0.15, -0.1) is 0 Å². The summed E-state index contributed by atoms with van der Waals surface area (Å²) in [6.45, 7) is 7.16. The Labute approximate surface area is 184 Å². The Morgan fingerprint density at radius 2 is 1.97 bits per heavy atom. The monoisotopic (exact) mass is 435 g/mol. The molecule has 4 heterocycles. The predicted octanol–water partition coefficient (Wildman–Crippen LogP) is 3.18. The lowest BCUT2D eigenvalue weighted by molar-refractivity contribution is 0.0756. The molecule has 0 spiro atoms. The fraction of sp³-hybridized carbons (Fsp3) is 0.364. The van der Waals surface area contributed by atoms with Crippen molar-refractivity contribution in [3.05, 3.63) is 53.5 Å². The highest BCUT2D eigenvalue weighted by Crippen LogP contribution is 2.33. The van der Waals surface area contributed by atoms with Gasteiger partial charge in [-0.25, -0.2) is 4.68 Å². The second-order valence-corrected chi connectivity index (χ2v) is 8.94. The first-order valence-electron chi connectivity index (χ1n) is 10.5.